The summed E-state index contributed by atoms with van der Waals surface area (Å²) in [5.41, 5.74) is 8.77. The molecule has 1 aromatic carbocycles. The van der Waals surface area contributed by atoms with E-state index in [4.69, 9.17) is 17.3 Å². The number of benzene rings is 1. The lowest BCUT2D eigenvalue weighted by Gasteiger charge is -2.05. The summed E-state index contributed by atoms with van der Waals surface area (Å²) in [6, 6.07) is 11.1. The van der Waals surface area contributed by atoms with Crippen molar-refractivity contribution in [1.82, 2.24) is 9.97 Å². The van der Waals surface area contributed by atoms with E-state index in [1.165, 1.54) is 11.3 Å². The van der Waals surface area contributed by atoms with E-state index < -0.39 is 0 Å². The lowest BCUT2D eigenvalue weighted by Crippen LogP contribution is -1.92. The third kappa shape index (κ3) is 2.74. The van der Waals surface area contributed by atoms with Crippen molar-refractivity contribution in [3.8, 4) is 11.4 Å². The number of pyridine rings is 1. The summed E-state index contributed by atoms with van der Waals surface area (Å²) >= 11 is 7.63. The minimum Gasteiger partial charge on any atom is -0.399 e. The first kappa shape index (κ1) is 12.9. The number of nitrogen functional groups attached to an aromatic ring is 1. The van der Waals surface area contributed by atoms with Gasteiger partial charge < -0.3 is 11.1 Å². The first-order valence-electron chi connectivity index (χ1n) is 5.91. The maximum absolute atomic E-state index is 6.13. The molecule has 100 valence electrons. The molecule has 0 saturated carbocycles. The maximum atomic E-state index is 6.13. The van der Waals surface area contributed by atoms with E-state index in [1.54, 1.807) is 18.3 Å². The van der Waals surface area contributed by atoms with E-state index in [1.807, 2.05) is 29.6 Å². The van der Waals surface area contributed by atoms with Crippen LogP contribution in [0.5, 0.6) is 0 Å². The molecule has 3 rings (SSSR count). The van der Waals surface area contributed by atoms with E-state index in [0.29, 0.717) is 10.7 Å². The van der Waals surface area contributed by atoms with Crippen molar-refractivity contribution in [2.24, 2.45) is 0 Å². The topological polar surface area (TPSA) is 63.8 Å². The summed E-state index contributed by atoms with van der Waals surface area (Å²) in [6.45, 7) is 0. The average Bonchev–Trinajstić information content (AvgIpc) is 2.92. The zero-order valence-electron chi connectivity index (χ0n) is 10.4. The molecule has 0 bridgehead atoms. The standard InChI is InChI=1S/C14H11ClN4S/c15-10-7-9(16)4-5-11(10)18-14-19-13(8-20-14)12-3-1-2-6-17-12/h1-8H,16H2,(H,18,19). The van der Waals surface area contributed by atoms with Crippen LogP contribution in [0.3, 0.4) is 0 Å². The fourth-order valence-corrected chi connectivity index (χ4v) is 2.66. The predicted molar refractivity (Wildman–Crippen MR) is 84.5 cm³/mol. The van der Waals surface area contributed by atoms with Gasteiger partial charge in [-0.15, -0.1) is 11.3 Å². The molecule has 3 aromatic rings. The molecule has 0 aliphatic heterocycles. The molecular weight excluding hydrogens is 292 g/mol. The highest BCUT2D eigenvalue weighted by molar-refractivity contribution is 7.14. The molecule has 0 aliphatic rings. The third-order valence-electron chi connectivity index (χ3n) is 2.67. The summed E-state index contributed by atoms with van der Waals surface area (Å²) < 4.78 is 0. The quantitative estimate of drug-likeness (QED) is 0.712. The van der Waals surface area contributed by atoms with Crippen LogP contribution in [0.15, 0.2) is 48.0 Å². The van der Waals surface area contributed by atoms with Crippen LogP contribution >= 0.6 is 22.9 Å². The average molecular weight is 303 g/mol. The molecule has 2 aromatic heterocycles. The Balaban J connectivity index is 1.84. The molecule has 0 radical (unpaired) electrons. The van der Waals surface area contributed by atoms with Gasteiger partial charge in [-0.05, 0) is 30.3 Å². The number of anilines is 3. The fraction of sp³-hybridized carbons (Fsp3) is 0. The summed E-state index contributed by atoms with van der Waals surface area (Å²) in [5, 5.41) is 6.47. The highest BCUT2D eigenvalue weighted by atomic mass is 35.5. The van der Waals surface area contributed by atoms with Crippen LogP contribution in [0, 0.1) is 0 Å². The van der Waals surface area contributed by atoms with E-state index in [0.717, 1.165) is 22.2 Å². The molecule has 0 aliphatic carbocycles. The van der Waals surface area contributed by atoms with Gasteiger partial charge in [0, 0.05) is 17.3 Å². The number of hydrogen-bond acceptors (Lipinski definition) is 5. The number of nitrogens with zero attached hydrogens (tertiary/aromatic N) is 2. The first-order chi connectivity index (χ1) is 9.72. The Morgan fingerprint density at radius 2 is 2.05 bits per heavy atom. The molecule has 0 unspecified atom stereocenters. The summed E-state index contributed by atoms with van der Waals surface area (Å²) in [6.07, 6.45) is 1.75. The molecule has 6 heteroatoms. The summed E-state index contributed by atoms with van der Waals surface area (Å²) in [7, 11) is 0. The van der Waals surface area contributed by atoms with Gasteiger partial charge in [-0.3, -0.25) is 4.98 Å². The molecule has 0 fully saturated rings. The molecule has 20 heavy (non-hydrogen) atoms. The van der Waals surface area contributed by atoms with Crippen molar-refractivity contribution in [1.29, 1.82) is 0 Å². The van der Waals surface area contributed by atoms with Crippen LogP contribution in [-0.4, -0.2) is 9.97 Å². The zero-order valence-corrected chi connectivity index (χ0v) is 11.9. The monoisotopic (exact) mass is 302 g/mol. The Labute approximate surface area is 125 Å². The lowest BCUT2D eigenvalue weighted by atomic mass is 10.3. The number of aromatic nitrogens is 2. The molecule has 0 amide bonds. The third-order valence-corrected chi connectivity index (χ3v) is 3.74. The van der Waals surface area contributed by atoms with E-state index in [9.17, 15) is 0 Å². The van der Waals surface area contributed by atoms with Gasteiger partial charge in [0.1, 0.15) is 5.69 Å². The van der Waals surface area contributed by atoms with Crippen molar-refractivity contribution >= 4 is 39.4 Å². The Hall–Kier alpha value is -2.11. The van der Waals surface area contributed by atoms with Gasteiger partial charge in [-0.1, -0.05) is 17.7 Å². The molecule has 0 spiro atoms. The Kier molecular flexibility index (Phi) is 3.54. The minimum atomic E-state index is 0.569. The Morgan fingerprint density at radius 1 is 1.15 bits per heavy atom. The minimum absolute atomic E-state index is 0.569. The van der Waals surface area contributed by atoms with Crippen molar-refractivity contribution in [2.45, 2.75) is 0 Å². The van der Waals surface area contributed by atoms with Crippen LogP contribution in [0.1, 0.15) is 0 Å². The SMILES string of the molecule is Nc1ccc(Nc2nc(-c3ccccn3)cs2)c(Cl)c1. The second-order valence-electron chi connectivity index (χ2n) is 4.12. The van der Waals surface area contributed by atoms with Crippen LogP contribution in [-0.2, 0) is 0 Å². The van der Waals surface area contributed by atoms with Gasteiger partial charge in [0.2, 0.25) is 0 Å². The van der Waals surface area contributed by atoms with E-state index >= 15 is 0 Å². The predicted octanol–water partition coefficient (Wildman–Crippen LogP) is 4.18. The lowest BCUT2D eigenvalue weighted by molar-refractivity contribution is 1.28. The van der Waals surface area contributed by atoms with Crippen molar-refractivity contribution < 1.29 is 0 Å². The van der Waals surface area contributed by atoms with Gasteiger partial charge in [0.25, 0.3) is 0 Å². The van der Waals surface area contributed by atoms with E-state index in [-0.39, 0.29) is 0 Å². The summed E-state index contributed by atoms with van der Waals surface area (Å²) in [4.78, 5) is 8.77. The Morgan fingerprint density at radius 3 is 2.80 bits per heavy atom. The number of thiazole rings is 1. The smallest absolute Gasteiger partial charge is 0.187 e. The Bertz CT molecular complexity index is 727. The molecule has 0 saturated heterocycles. The highest BCUT2D eigenvalue weighted by Crippen LogP contribution is 2.30. The van der Waals surface area contributed by atoms with E-state index in [2.05, 4.69) is 15.3 Å². The van der Waals surface area contributed by atoms with Crippen LogP contribution in [0.4, 0.5) is 16.5 Å². The van der Waals surface area contributed by atoms with Gasteiger partial charge >= 0.3 is 0 Å². The van der Waals surface area contributed by atoms with Crippen molar-refractivity contribution in [3.05, 3.63) is 53.0 Å². The molecule has 2 heterocycles. The number of nitrogens with two attached hydrogens (primary N) is 1. The van der Waals surface area contributed by atoms with Crippen molar-refractivity contribution in [2.75, 3.05) is 11.1 Å². The maximum Gasteiger partial charge on any atom is 0.187 e. The second kappa shape index (κ2) is 5.48. The number of rotatable bonds is 3. The largest absolute Gasteiger partial charge is 0.399 e. The normalized spacial score (nSPS) is 10.4. The summed E-state index contributed by atoms with van der Waals surface area (Å²) in [5.74, 6) is 0. The van der Waals surface area contributed by atoms with Gasteiger partial charge in [0.15, 0.2) is 5.13 Å². The molecule has 4 nitrogen and oxygen atoms in total. The van der Waals surface area contributed by atoms with Gasteiger partial charge in [0.05, 0.1) is 16.4 Å². The molecule has 3 N–H and O–H groups in total. The van der Waals surface area contributed by atoms with Crippen LogP contribution < -0.4 is 11.1 Å². The van der Waals surface area contributed by atoms with Crippen molar-refractivity contribution in [3.63, 3.8) is 0 Å². The van der Waals surface area contributed by atoms with Gasteiger partial charge in [-0.2, -0.15) is 0 Å². The highest BCUT2D eigenvalue weighted by Gasteiger charge is 2.07. The molecule has 0 atom stereocenters. The number of nitrogens with one attached hydrogen (secondary N) is 1. The van der Waals surface area contributed by atoms with Crippen LogP contribution in [0.2, 0.25) is 5.02 Å². The number of hydrogen-bond donors (Lipinski definition) is 2. The second-order valence-corrected chi connectivity index (χ2v) is 5.38. The molecular formula is C14H11ClN4S. The number of halogens is 1. The zero-order chi connectivity index (χ0) is 13.9. The first-order valence-corrected chi connectivity index (χ1v) is 7.17. The fourth-order valence-electron chi connectivity index (χ4n) is 1.71. The van der Waals surface area contributed by atoms with Crippen LogP contribution in [0.25, 0.3) is 11.4 Å². The van der Waals surface area contributed by atoms with Gasteiger partial charge in [-0.25, -0.2) is 4.98 Å².